The van der Waals surface area contributed by atoms with Gasteiger partial charge in [-0.15, -0.1) is 0 Å². The summed E-state index contributed by atoms with van der Waals surface area (Å²) in [5.74, 6) is -7.38. The third-order valence-corrected chi connectivity index (χ3v) is 9.47. The number of rotatable bonds is 10. The lowest BCUT2D eigenvalue weighted by Crippen LogP contribution is -2.38. The zero-order valence-corrected chi connectivity index (χ0v) is 28.4. The number of phenols is 8. The minimum Gasteiger partial charge on any atom is -0.508 e. The number of esters is 1. The van der Waals surface area contributed by atoms with Gasteiger partial charge in [-0.1, -0.05) is 25.1 Å². The predicted octanol–water partition coefficient (Wildman–Crippen LogP) is 5.71. The first-order valence-corrected chi connectivity index (χ1v) is 16.8. The number of carboxylic acid groups (broad SMARTS) is 1. The Balaban J connectivity index is 1.41. The predicted molar refractivity (Wildman–Crippen MR) is 194 cm³/mol. The average Bonchev–Trinajstić information content (AvgIpc) is 3.33. The molecule has 0 saturated heterocycles. The van der Waals surface area contributed by atoms with Crippen LogP contribution in [0.5, 0.6) is 46.0 Å². The molecule has 0 spiro atoms. The molecule has 0 aliphatic heterocycles. The summed E-state index contributed by atoms with van der Waals surface area (Å²) in [4.78, 5) is 25.6. The highest BCUT2D eigenvalue weighted by Crippen LogP contribution is 2.49. The number of aromatic hydroxyl groups is 8. The number of carboxylic acids is 1. The van der Waals surface area contributed by atoms with Crippen LogP contribution in [0.15, 0.2) is 66.7 Å². The fourth-order valence-corrected chi connectivity index (χ4v) is 6.90. The standard InChI is InChI=1S/C40H37NO12/c1-2-41-18-28(21-15-31(44)38(50)32(45)16-21)39(40(51)52)53-34(47)12-10-20-14-30(43)36(48)24-11-9-19(13-26(20)24)27-17-33(46)37(49)25-7-3-5-22-23(35(25)27)6-4-8-29(22)42/h4,6,8-17,28,39,41-46,48-50H,2-3,5,7,18H2,1H3,(H,51,52). The molecule has 0 fully saturated rings. The van der Waals surface area contributed by atoms with E-state index in [-0.39, 0.29) is 40.3 Å². The Hall–Kier alpha value is -6.60. The van der Waals surface area contributed by atoms with E-state index in [0.29, 0.717) is 64.6 Å². The van der Waals surface area contributed by atoms with Crippen LogP contribution in [0.1, 0.15) is 41.5 Å². The molecule has 5 aromatic carbocycles. The van der Waals surface area contributed by atoms with E-state index in [9.17, 15) is 55.5 Å². The number of phenolic OH excluding ortho intramolecular Hbond substituents is 8. The molecule has 5 aromatic rings. The second-order valence-electron chi connectivity index (χ2n) is 12.7. The summed E-state index contributed by atoms with van der Waals surface area (Å²) < 4.78 is 5.38. The Labute approximate surface area is 302 Å². The van der Waals surface area contributed by atoms with Crippen LogP contribution >= 0.6 is 0 Å². The first-order valence-electron chi connectivity index (χ1n) is 16.8. The molecular weight excluding hydrogens is 686 g/mol. The number of nitrogens with one attached hydrogen (secondary N) is 1. The van der Waals surface area contributed by atoms with Crippen molar-refractivity contribution in [1.82, 2.24) is 5.32 Å². The maximum atomic E-state index is 13.2. The van der Waals surface area contributed by atoms with Crippen LogP contribution in [0.25, 0.3) is 39.1 Å². The van der Waals surface area contributed by atoms with Crippen molar-refractivity contribution in [2.45, 2.75) is 38.2 Å². The summed E-state index contributed by atoms with van der Waals surface area (Å²) in [7, 11) is 0. The molecule has 2 unspecified atom stereocenters. The van der Waals surface area contributed by atoms with Crippen molar-refractivity contribution < 1.29 is 60.3 Å². The highest BCUT2D eigenvalue weighted by Gasteiger charge is 2.34. The molecule has 0 amide bonds. The molecule has 0 aromatic heterocycles. The second kappa shape index (κ2) is 14.6. The summed E-state index contributed by atoms with van der Waals surface area (Å²) in [6.07, 6.45) is 1.95. The van der Waals surface area contributed by atoms with Crippen LogP contribution in [0, 0.1) is 0 Å². The van der Waals surface area contributed by atoms with Crippen LogP contribution in [0.4, 0.5) is 0 Å². The second-order valence-corrected chi connectivity index (χ2v) is 12.7. The maximum absolute atomic E-state index is 13.2. The van der Waals surface area contributed by atoms with Crippen molar-refractivity contribution in [3.63, 3.8) is 0 Å². The van der Waals surface area contributed by atoms with E-state index in [1.165, 1.54) is 18.2 Å². The molecule has 0 heterocycles. The van der Waals surface area contributed by atoms with Gasteiger partial charge in [-0.05, 0) is 113 Å². The number of benzene rings is 5. The van der Waals surface area contributed by atoms with Crippen LogP contribution in [0.3, 0.4) is 0 Å². The maximum Gasteiger partial charge on any atom is 0.345 e. The SMILES string of the molecule is CCNCC(c1cc(O)c(O)c(O)c1)C(OC(=O)C=Cc1cc(O)c(O)c2ccc(-c3cc(O)c(O)c4c3-c3cccc(O)c3CCC4)cc12)C(=O)O. The van der Waals surface area contributed by atoms with E-state index >= 15 is 0 Å². The molecule has 0 bridgehead atoms. The zero-order valence-electron chi connectivity index (χ0n) is 28.4. The summed E-state index contributed by atoms with van der Waals surface area (Å²) >= 11 is 0. The lowest BCUT2D eigenvalue weighted by atomic mass is 9.86. The Morgan fingerprint density at radius 3 is 2.13 bits per heavy atom. The van der Waals surface area contributed by atoms with Crippen molar-refractivity contribution in [3.05, 3.63) is 89.0 Å². The van der Waals surface area contributed by atoms with Crippen molar-refractivity contribution in [2.75, 3.05) is 13.1 Å². The van der Waals surface area contributed by atoms with Crippen LogP contribution < -0.4 is 5.32 Å². The van der Waals surface area contributed by atoms with Gasteiger partial charge in [0.25, 0.3) is 0 Å². The third kappa shape index (κ3) is 6.89. The number of carbonyl (C=O) groups excluding carboxylic acids is 1. The van der Waals surface area contributed by atoms with Crippen molar-refractivity contribution in [2.24, 2.45) is 0 Å². The van der Waals surface area contributed by atoms with Gasteiger partial charge in [-0.25, -0.2) is 9.59 Å². The van der Waals surface area contributed by atoms with E-state index in [0.717, 1.165) is 18.2 Å². The Kier molecular flexibility index (Phi) is 9.95. The van der Waals surface area contributed by atoms with Gasteiger partial charge < -0.3 is 56.0 Å². The molecule has 1 aliphatic rings. The van der Waals surface area contributed by atoms with Gasteiger partial charge >= 0.3 is 11.9 Å². The lowest BCUT2D eigenvalue weighted by Gasteiger charge is -2.24. The summed E-state index contributed by atoms with van der Waals surface area (Å²) in [6.45, 7) is 2.13. The number of hydrogen-bond acceptors (Lipinski definition) is 12. The molecule has 274 valence electrons. The molecule has 10 N–H and O–H groups in total. The number of carbonyl (C=O) groups is 2. The summed E-state index contributed by atoms with van der Waals surface area (Å²) in [5.41, 5.74) is 3.81. The molecule has 53 heavy (non-hydrogen) atoms. The van der Waals surface area contributed by atoms with Gasteiger partial charge in [0.15, 0.2) is 40.2 Å². The smallest absolute Gasteiger partial charge is 0.345 e. The molecule has 13 nitrogen and oxygen atoms in total. The van der Waals surface area contributed by atoms with Crippen LogP contribution in [-0.4, -0.2) is 77.1 Å². The van der Waals surface area contributed by atoms with Crippen LogP contribution in [-0.2, 0) is 27.2 Å². The highest BCUT2D eigenvalue weighted by atomic mass is 16.6. The van der Waals surface area contributed by atoms with Crippen molar-refractivity contribution in [1.29, 1.82) is 0 Å². The van der Waals surface area contributed by atoms with Gasteiger partial charge in [0.2, 0.25) is 6.10 Å². The fraction of sp³-hybridized carbons (Fsp3) is 0.200. The number of likely N-dealkylation sites (N-methyl/N-ethyl adjacent to an activating group) is 1. The minimum absolute atomic E-state index is 0.0476. The number of ether oxygens (including phenoxy) is 1. The Morgan fingerprint density at radius 2 is 1.43 bits per heavy atom. The van der Waals surface area contributed by atoms with E-state index < -0.39 is 52.7 Å². The summed E-state index contributed by atoms with van der Waals surface area (Å²) in [5, 5.41) is 97.3. The Morgan fingerprint density at radius 1 is 0.755 bits per heavy atom. The molecule has 13 heteroatoms. The van der Waals surface area contributed by atoms with E-state index in [1.807, 2.05) is 6.07 Å². The number of aliphatic carboxylic acids is 1. The molecular formula is C40H37NO12. The normalized spacial score (nSPS) is 13.6. The molecule has 1 aliphatic carbocycles. The van der Waals surface area contributed by atoms with Crippen molar-refractivity contribution >= 4 is 28.8 Å². The highest BCUT2D eigenvalue weighted by molar-refractivity contribution is 6.02. The van der Waals surface area contributed by atoms with Gasteiger partial charge in [-0.2, -0.15) is 0 Å². The number of fused-ring (bicyclic) bond motifs is 4. The first kappa shape index (κ1) is 36.2. The number of hydrogen-bond donors (Lipinski definition) is 10. The van der Waals surface area contributed by atoms with Gasteiger partial charge in [0.1, 0.15) is 5.75 Å². The Bertz CT molecular complexity index is 2270. The van der Waals surface area contributed by atoms with Gasteiger partial charge in [0, 0.05) is 35.1 Å². The third-order valence-electron chi connectivity index (χ3n) is 9.47. The van der Waals surface area contributed by atoms with E-state index in [1.54, 1.807) is 37.3 Å². The molecule has 6 rings (SSSR count). The van der Waals surface area contributed by atoms with E-state index in [4.69, 9.17) is 4.74 Å². The van der Waals surface area contributed by atoms with Gasteiger partial charge in [-0.3, -0.25) is 0 Å². The first-order chi connectivity index (χ1) is 25.3. The average molecular weight is 724 g/mol. The topological polar surface area (TPSA) is 237 Å². The van der Waals surface area contributed by atoms with Gasteiger partial charge in [0.05, 0.1) is 0 Å². The molecule has 0 radical (unpaired) electrons. The fourth-order valence-electron chi connectivity index (χ4n) is 6.90. The monoisotopic (exact) mass is 723 g/mol. The van der Waals surface area contributed by atoms with E-state index in [2.05, 4.69) is 5.32 Å². The quantitative estimate of drug-likeness (QED) is 0.0473. The van der Waals surface area contributed by atoms with Crippen molar-refractivity contribution in [3.8, 4) is 68.2 Å². The summed E-state index contributed by atoms with van der Waals surface area (Å²) in [6, 6.07) is 14.7. The zero-order chi connectivity index (χ0) is 38.1. The molecule has 2 atom stereocenters. The minimum atomic E-state index is -1.81. The van der Waals surface area contributed by atoms with Crippen LogP contribution in [0.2, 0.25) is 0 Å². The largest absolute Gasteiger partial charge is 0.508 e. The lowest BCUT2D eigenvalue weighted by molar-refractivity contribution is -0.162. The molecule has 0 saturated carbocycles.